The molecule has 0 spiro atoms. The number of aryl methyl sites for hydroxylation is 1. The van der Waals surface area contributed by atoms with E-state index in [0.29, 0.717) is 5.56 Å². The van der Waals surface area contributed by atoms with Gasteiger partial charge in [-0.2, -0.15) is 0 Å². The van der Waals surface area contributed by atoms with E-state index < -0.39 is 6.36 Å². The Hall–Kier alpha value is -1.39. The van der Waals surface area contributed by atoms with Crippen molar-refractivity contribution in [1.82, 2.24) is 0 Å². The van der Waals surface area contributed by atoms with Crippen LogP contribution in [0.25, 0.3) is 0 Å². The number of aromatic hydroxyl groups is 1. The van der Waals surface area contributed by atoms with Crippen LogP contribution in [0, 0.1) is 6.92 Å². The van der Waals surface area contributed by atoms with Crippen molar-refractivity contribution in [3.63, 3.8) is 0 Å². The first-order valence-electron chi connectivity index (χ1n) is 4.44. The molecule has 0 saturated carbocycles. The van der Waals surface area contributed by atoms with Gasteiger partial charge in [0, 0.05) is 0 Å². The summed E-state index contributed by atoms with van der Waals surface area (Å²) in [5.74, 6) is -0.391. The summed E-state index contributed by atoms with van der Waals surface area (Å²) in [7, 11) is 0. The minimum atomic E-state index is -4.69. The SMILES string of the molecule is CC.Cc1cc(OC(F)(F)F)ccc1O. The van der Waals surface area contributed by atoms with E-state index >= 15 is 0 Å². The monoisotopic (exact) mass is 222 g/mol. The molecule has 1 aromatic rings. The third-order valence-electron chi connectivity index (χ3n) is 1.40. The zero-order valence-electron chi connectivity index (χ0n) is 8.72. The van der Waals surface area contributed by atoms with Crippen molar-refractivity contribution in [3.8, 4) is 11.5 Å². The van der Waals surface area contributed by atoms with Gasteiger partial charge in [-0.3, -0.25) is 0 Å². The van der Waals surface area contributed by atoms with Gasteiger partial charge in [0.1, 0.15) is 11.5 Å². The topological polar surface area (TPSA) is 29.5 Å². The smallest absolute Gasteiger partial charge is 0.508 e. The molecule has 15 heavy (non-hydrogen) atoms. The molecule has 0 fully saturated rings. The third kappa shape index (κ3) is 5.15. The number of halogens is 3. The predicted octanol–water partition coefficient (Wildman–Crippen LogP) is 3.63. The van der Waals surface area contributed by atoms with E-state index in [1.807, 2.05) is 13.8 Å². The van der Waals surface area contributed by atoms with Crippen LogP contribution in [-0.2, 0) is 0 Å². The maximum atomic E-state index is 11.7. The van der Waals surface area contributed by atoms with Gasteiger partial charge in [-0.25, -0.2) is 0 Å². The van der Waals surface area contributed by atoms with Crippen LogP contribution >= 0.6 is 0 Å². The predicted molar refractivity (Wildman–Crippen MR) is 50.9 cm³/mol. The zero-order chi connectivity index (χ0) is 12.1. The van der Waals surface area contributed by atoms with Crippen LogP contribution in [0.2, 0.25) is 0 Å². The van der Waals surface area contributed by atoms with E-state index in [1.54, 1.807) is 0 Å². The molecule has 0 unspecified atom stereocenters. The van der Waals surface area contributed by atoms with E-state index in [9.17, 15) is 13.2 Å². The van der Waals surface area contributed by atoms with Gasteiger partial charge in [0.05, 0.1) is 0 Å². The second kappa shape index (κ2) is 5.48. The Morgan fingerprint density at radius 3 is 2.13 bits per heavy atom. The standard InChI is InChI=1S/C8H7F3O2.C2H6/c1-5-4-6(2-3-7(5)12)13-8(9,10)11;1-2/h2-4,12H,1H3;1-2H3. The van der Waals surface area contributed by atoms with E-state index in [1.165, 1.54) is 6.92 Å². The first-order chi connectivity index (χ1) is 6.88. The van der Waals surface area contributed by atoms with Crippen LogP contribution in [-0.4, -0.2) is 11.5 Å². The van der Waals surface area contributed by atoms with Crippen LogP contribution in [0.5, 0.6) is 11.5 Å². The third-order valence-corrected chi connectivity index (χ3v) is 1.40. The quantitative estimate of drug-likeness (QED) is 0.786. The first-order valence-corrected chi connectivity index (χ1v) is 4.44. The van der Waals surface area contributed by atoms with Crippen molar-refractivity contribution in [2.75, 3.05) is 0 Å². The lowest BCUT2D eigenvalue weighted by molar-refractivity contribution is -0.274. The van der Waals surface area contributed by atoms with E-state index in [-0.39, 0.29) is 11.5 Å². The summed E-state index contributed by atoms with van der Waals surface area (Å²) in [5, 5.41) is 9.01. The van der Waals surface area contributed by atoms with Gasteiger partial charge < -0.3 is 9.84 Å². The molecule has 0 amide bonds. The largest absolute Gasteiger partial charge is 0.573 e. The van der Waals surface area contributed by atoms with E-state index in [2.05, 4.69) is 4.74 Å². The van der Waals surface area contributed by atoms with Crippen LogP contribution in [0.4, 0.5) is 13.2 Å². The normalized spacial score (nSPS) is 10.3. The number of phenolic OH excluding ortho intramolecular Hbond substituents is 1. The molecular formula is C10H13F3O2. The Balaban J connectivity index is 0.000000921. The van der Waals surface area contributed by atoms with Crippen molar-refractivity contribution in [1.29, 1.82) is 0 Å². The minimum absolute atomic E-state index is 0.0606. The van der Waals surface area contributed by atoms with Crippen molar-refractivity contribution in [3.05, 3.63) is 23.8 Å². The van der Waals surface area contributed by atoms with Crippen molar-refractivity contribution in [2.24, 2.45) is 0 Å². The average molecular weight is 222 g/mol. The summed E-state index contributed by atoms with van der Waals surface area (Å²) < 4.78 is 38.7. The first kappa shape index (κ1) is 13.6. The lowest BCUT2D eigenvalue weighted by Gasteiger charge is -2.09. The highest BCUT2D eigenvalue weighted by Gasteiger charge is 2.31. The Morgan fingerprint density at radius 1 is 1.20 bits per heavy atom. The van der Waals surface area contributed by atoms with Gasteiger partial charge in [0.25, 0.3) is 0 Å². The molecule has 0 aliphatic heterocycles. The lowest BCUT2D eigenvalue weighted by Crippen LogP contribution is -2.17. The van der Waals surface area contributed by atoms with Gasteiger partial charge >= 0.3 is 6.36 Å². The fraction of sp³-hybridized carbons (Fsp3) is 0.400. The molecule has 2 nitrogen and oxygen atoms in total. The van der Waals surface area contributed by atoms with Gasteiger partial charge in [0.15, 0.2) is 0 Å². The molecule has 0 heterocycles. The summed E-state index contributed by atoms with van der Waals surface area (Å²) in [6, 6.07) is 3.31. The molecule has 0 atom stereocenters. The number of ether oxygens (including phenoxy) is 1. The maximum Gasteiger partial charge on any atom is 0.573 e. The second-order valence-electron chi connectivity index (χ2n) is 2.50. The Kier molecular flexibility index (Phi) is 4.97. The molecule has 0 aliphatic rings. The molecule has 0 radical (unpaired) electrons. The summed E-state index contributed by atoms with van der Waals surface area (Å²) in [6.07, 6.45) is -4.69. The van der Waals surface area contributed by atoms with E-state index in [0.717, 1.165) is 18.2 Å². The van der Waals surface area contributed by atoms with Crippen molar-refractivity contribution >= 4 is 0 Å². The fourth-order valence-corrected chi connectivity index (χ4v) is 0.825. The average Bonchev–Trinajstić information content (AvgIpc) is 2.12. The molecule has 1 rings (SSSR count). The number of phenols is 1. The lowest BCUT2D eigenvalue weighted by atomic mass is 10.2. The van der Waals surface area contributed by atoms with Crippen LogP contribution < -0.4 is 4.74 Å². The zero-order valence-corrected chi connectivity index (χ0v) is 8.72. The molecule has 86 valence electrons. The van der Waals surface area contributed by atoms with Crippen LogP contribution in [0.15, 0.2) is 18.2 Å². The second-order valence-corrected chi connectivity index (χ2v) is 2.50. The highest BCUT2D eigenvalue weighted by atomic mass is 19.4. The summed E-state index contributed by atoms with van der Waals surface area (Å²) in [6.45, 7) is 5.48. The van der Waals surface area contributed by atoms with Gasteiger partial charge in [-0.15, -0.1) is 13.2 Å². The molecule has 1 aromatic carbocycles. The molecule has 1 N–H and O–H groups in total. The summed E-state index contributed by atoms with van der Waals surface area (Å²) >= 11 is 0. The Labute approximate surface area is 86.3 Å². The van der Waals surface area contributed by atoms with E-state index in [4.69, 9.17) is 5.11 Å². The Morgan fingerprint density at radius 2 is 1.73 bits per heavy atom. The van der Waals surface area contributed by atoms with Gasteiger partial charge in [-0.1, -0.05) is 13.8 Å². The van der Waals surface area contributed by atoms with Crippen LogP contribution in [0.3, 0.4) is 0 Å². The van der Waals surface area contributed by atoms with Gasteiger partial charge in [0.2, 0.25) is 0 Å². The molecular weight excluding hydrogens is 209 g/mol. The highest BCUT2D eigenvalue weighted by molar-refractivity contribution is 5.38. The summed E-state index contributed by atoms with van der Waals surface area (Å²) in [5.41, 5.74) is 0.335. The van der Waals surface area contributed by atoms with Crippen LogP contribution in [0.1, 0.15) is 19.4 Å². The molecule has 5 heteroatoms. The number of hydrogen-bond acceptors (Lipinski definition) is 2. The molecule has 0 saturated heterocycles. The Bertz CT molecular complexity index is 308. The van der Waals surface area contributed by atoms with Crippen molar-refractivity contribution in [2.45, 2.75) is 27.1 Å². The highest BCUT2D eigenvalue weighted by Crippen LogP contribution is 2.26. The number of hydrogen-bond donors (Lipinski definition) is 1. The fourth-order valence-electron chi connectivity index (χ4n) is 0.825. The summed E-state index contributed by atoms with van der Waals surface area (Å²) in [4.78, 5) is 0. The maximum absolute atomic E-state index is 11.7. The van der Waals surface area contributed by atoms with Crippen molar-refractivity contribution < 1.29 is 23.0 Å². The number of benzene rings is 1. The number of alkyl halides is 3. The molecule has 0 aliphatic carbocycles. The minimum Gasteiger partial charge on any atom is -0.508 e. The molecule has 0 aromatic heterocycles. The number of rotatable bonds is 1. The molecule has 0 bridgehead atoms. The van der Waals surface area contributed by atoms with Gasteiger partial charge in [-0.05, 0) is 30.7 Å².